The lowest BCUT2D eigenvalue weighted by molar-refractivity contribution is -0.137. The van der Waals surface area contributed by atoms with E-state index in [1.165, 1.54) is 40.3 Å². The Hall–Kier alpha value is -3.76. The first-order chi connectivity index (χ1) is 14.6. The number of alkyl halides is 3. The standard InChI is InChI=1S/C20H17F3N6O2/c1-11-10-28(15-5-3-14(4-6-15)20(21,22)23)19(31)17-16(9-26-29(11)17)27-18(30)13-7-24-12(2)25-8-13/h3-9,11H,10H2,1-2H3,(H,27,30)/t11-/m0/s1. The number of nitrogens with zero attached hydrogens (tertiary/aromatic N) is 5. The number of benzene rings is 1. The maximum Gasteiger partial charge on any atom is 0.416 e. The topological polar surface area (TPSA) is 93.0 Å². The van der Waals surface area contributed by atoms with Gasteiger partial charge in [0, 0.05) is 24.6 Å². The monoisotopic (exact) mass is 430 g/mol. The van der Waals surface area contributed by atoms with Crippen LogP contribution in [0, 0.1) is 6.92 Å². The Morgan fingerprint density at radius 1 is 1.13 bits per heavy atom. The van der Waals surface area contributed by atoms with Gasteiger partial charge >= 0.3 is 6.18 Å². The largest absolute Gasteiger partial charge is 0.416 e. The Morgan fingerprint density at radius 3 is 2.39 bits per heavy atom. The number of hydrogen-bond donors (Lipinski definition) is 1. The Morgan fingerprint density at radius 2 is 1.77 bits per heavy atom. The molecule has 2 aromatic heterocycles. The number of halogens is 3. The van der Waals surface area contributed by atoms with Crippen molar-refractivity contribution in [1.82, 2.24) is 19.7 Å². The van der Waals surface area contributed by atoms with Crippen LogP contribution >= 0.6 is 0 Å². The molecule has 0 bridgehead atoms. The summed E-state index contributed by atoms with van der Waals surface area (Å²) in [5.41, 5.74) is 0.0640. The number of rotatable bonds is 3. The Bertz CT molecular complexity index is 1140. The second-order valence-corrected chi connectivity index (χ2v) is 7.13. The molecular formula is C20H17F3N6O2. The Kier molecular flexibility index (Phi) is 4.96. The van der Waals surface area contributed by atoms with Crippen molar-refractivity contribution < 1.29 is 22.8 Å². The molecule has 1 aromatic carbocycles. The summed E-state index contributed by atoms with van der Waals surface area (Å²) < 4.78 is 40.0. The van der Waals surface area contributed by atoms with Crippen LogP contribution in [0.1, 0.15) is 45.2 Å². The van der Waals surface area contributed by atoms with Gasteiger partial charge in [-0.25, -0.2) is 9.97 Å². The van der Waals surface area contributed by atoms with Gasteiger partial charge in [0.25, 0.3) is 11.8 Å². The maximum atomic E-state index is 13.2. The van der Waals surface area contributed by atoms with Crippen molar-refractivity contribution >= 4 is 23.2 Å². The number of amides is 2. The molecule has 0 saturated carbocycles. The van der Waals surface area contributed by atoms with Crippen molar-refractivity contribution in [2.75, 3.05) is 16.8 Å². The van der Waals surface area contributed by atoms with E-state index in [9.17, 15) is 22.8 Å². The third-order valence-corrected chi connectivity index (χ3v) is 4.91. The first-order valence-corrected chi connectivity index (χ1v) is 9.32. The highest BCUT2D eigenvalue weighted by molar-refractivity contribution is 6.13. The SMILES string of the molecule is Cc1ncc(C(=O)Nc2cnn3c2C(=O)N(c2ccc(C(F)(F)F)cc2)C[C@@H]3C)cn1. The van der Waals surface area contributed by atoms with E-state index < -0.39 is 23.6 Å². The highest BCUT2D eigenvalue weighted by Gasteiger charge is 2.35. The lowest BCUT2D eigenvalue weighted by Crippen LogP contribution is -2.43. The van der Waals surface area contributed by atoms with Gasteiger partial charge in [0.1, 0.15) is 5.82 Å². The number of carbonyl (C=O) groups is 2. The van der Waals surface area contributed by atoms with Crippen LogP contribution in [0.15, 0.2) is 42.9 Å². The minimum atomic E-state index is -4.46. The van der Waals surface area contributed by atoms with Crippen molar-refractivity contribution in [3.8, 4) is 0 Å². The summed E-state index contributed by atoms with van der Waals surface area (Å²) >= 11 is 0. The summed E-state index contributed by atoms with van der Waals surface area (Å²) in [5, 5.41) is 6.84. The van der Waals surface area contributed by atoms with E-state index in [1.807, 2.05) is 6.92 Å². The Balaban J connectivity index is 1.62. The molecular weight excluding hydrogens is 413 g/mol. The van der Waals surface area contributed by atoms with Crippen LogP contribution in [0.25, 0.3) is 0 Å². The van der Waals surface area contributed by atoms with E-state index in [0.29, 0.717) is 11.5 Å². The fourth-order valence-corrected chi connectivity index (χ4v) is 3.31. The number of anilines is 2. The van der Waals surface area contributed by atoms with E-state index in [4.69, 9.17) is 0 Å². The molecule has 0 radical (unpaired) electrons. The molecule has 3 aromatic rings. The predicted molar refractivity (Wildman–Crippen MR) is 105 cm³/mol. The number of fused-ring (bicyclic) bond motifs is 1. The molecule has 0 spiro atoms. The fraction of sp³-hybridized carbons (Fsp3) is 0.250. The maximum absolute atomic E-state index is 13.2. The zero-order valence-electron chi connectivity index (χ0n) is 16.5. The minimum absolute atomic E-state index is 0.139. The lowest BCUT2D eigenvalue weighted by atomic mass is 10.1. The number of aryl methyl sites for hydroxylation is 1. The quantitative estimate of drug-likeness (QED) is 0.687. The molecule has 8 nitrogen and oxygen atoms in total. The number of aromatic nitrogens is 4. The van der Waals surface area contributed by atoms with Gasteiger partial charge in [0.2, 0.25) is 0 Å². The molecule has 3 heterocycles. The Labute approximate surface area is 174 Å². The molecule has 0 aliphatic carbocycles. The number of hydrogen-bond acceptors (Lipinski definition) is 5. The molecule has 1 aliphatic heterocycles. The zero-order chi connectivity index (χ0) is 22.3. The van der Waals surface area contributed by atoms with Gasteiger partial charge in [-0.15, -0.1) is 0 Å². The van der Waals surface area contributed by atoms with Crippen LogP contribution in [-0.2, 0) is 6.18 Å². The van der Waals surface area contributed by atoms with Crippen LogP contribution in [-0.4, -0.2) is 38.1 Å². The fourth-order valence-electron chi connectivity index (χ4n) is 3.31. The van der Waals surface area contributed by atoms with Crippen molar-refractivity contribution in [3.05, 3.63) is 65.5 Å². The van der Waals surface area contributed by atoms with Crippen LogP contribution in [0.3, 0.4) is 0 Å². The predicted octanol–water partition coefficient (Wildman–Crippen LogP) is 3.47. The van der Waals surface area contributed by atoms with E-state index >= 15 is 0 Å². The summed E-state index contributed by atoms with van der Waals surface area (Å²) in [6.07, 6.45) is -0.362. The number of nitrogens with one attached hydrogen (secondary N) is 1. The van der Waals surface area contributed by atoms with Crippen LogP contribution in [0.2, 0.25) is 0 Å². The summed E-state index contributed by atoms with van der Waals surface area (Å²) in [4.78, 5) is 35.0. The summed E-state index contributed by atoms with van der Waals surface area (Å²) in [5.74, 6) is -0.482. The van der Waals surface area contributed by atoms with E-state index in [-0.39, 0.29) is 29.5 Å². The highest BCUT2D eigenvalue weighted by Crippen LogP contribution is 2.33. The normalized spacial score (nSPS) is 16.2. The molecule has 4 rings (SSSR count). The average molecular weight is 430 g/mol. The van der Waals surface area contributed by atoms with Gasteiger partial charge in [-0.05, 0) is 38.1 Å². The van der Waals surface area contributed by atoms with Crippen LogP contribution in [0.5, 0.6) is 0 Å². The minimum Gasteiger partial charge on any atom is -0.319 e. The number of carbonyl (C=O) groups excluding carboxylic acids is 2. The van der Waals surface area contributed by atoms with Crippen molar-refractivity contribution in [2.45, 2.75) is 26.1 Å². The van der Waals surface area contributed by atoms with Crippen molar-refractivity contribution in [3.63, 3.8) is 0 Å². The highest BCUT2D eigenvalue weighted by atomic mass is 19.4. The third kappa shape index (κ3) is 3.86. The molecule has 1 N–H and O–H groups in total. The molecule has 11 heteroatoms. The van der Waals surface area contributed by atoms with E-state index in [1.54, 1.807) is 6.92 Å². The molecule has 0 fully saturated rings. The summed E-state index contributed by atoms with van der Waals surface area (Å²) in [6.45, 7) is 3.73. The first-order valence-electron chi connectivity index (χ1n) is 9.32. The van der Waals surface area contributed by atoms with Gasteiger partial charge in [-0.2, -0.15) is 18.3 Å². The smallest absolute Gasteiger partial charge is 0.319 e. The molecule has 31 heavy (non-hydrogen) atoms. The molecule has 1 aliphatic rings. The van der Waals surface area contributed by atoms with Crippen LogP contribution in [0.4, 0.5) is 24.5 Å². The molecule has 0 saturated heterocycles. The van der Waals surface area contributed by atoms with Gasteiger partial charge in [-0.3, -0.25) is 14.3 Å². The van der Waals surface area contributed by atoms with Crippen molar-refractivity contribution in [1.29, 1.82) is 0 Å². The van der Waals surface area contributed by atoms with Gasteiger partial charge in [0.05, 0.1) is 29.1 Å². The summed E-state index contributed by atoms with van der Waals surface area (Å²) in [6, 6.07) is 4.10. The molecule has 160 valence electrons. The van der Waals surface area contributed by atoms with Crippen molar-refractivity contribution in [2.24, 2.45) is 0 Å². The molecule has 2 amide bonds. The van der Waals surface area contributed by atoms with E-state index in [2.05, 4.69) is 20.4 Å². The second kappa shape index (κ2) is 7.49. The molecule has 1 atom stereocenters. The second-order valence-electron chi connectivity index (χ2n) is 7.13. The van der Waals surface area contributed by atoms with Gasteiger partial charge in [-0.1, -0.05) is 0 Å². The van der Waals surface area contributed by atoms with Gasteiger partial charge in [0.15, 0.2) is 5.69 Å². The van der Waals surface area contributed by atoms with Gasteiger partial charge < -0.3 is 10.2 Å². The van der Waals surface area contributed by atoms with Crippen LogP contribution < -0.4 is 10.2 Å². The summed E-state index contributed by atoms with van der Waals surface area (Å²) in [7, 11) is 0. The molecule has 0 unspecified atom stereocenters. The first kappa shape index (κ1) is 20.5. The van der Waals surface area contributed by atoms with E-state index in [0.717, 1.165) is 12.1 Å². The zero-order valence-corrected chi connectivity index (χ0v) is 16.5. The third-order valence-electron chi connectivity index (χ3n) is 4.91. The average Bonchev–Trinajstić information content (AvgIpc) is 3.15. The lowest BCUT2D eigenvalue weighted by Gasteiger charge is -2.32.